The maximum absolute atomic E-state index is 11.0. The van der Waals surface area contributed by atoms with Crippen molar-refractivity contribution in [2.24, 2.45) is 0 Å². The molecule has 1 aliphatic rings. The Morgan fingerprint density at radius 3 is 2.47 bits per heavy atom. The molecule has 1 saturated heterocycles. The van der Waals surface area contributed by atoms with Crippen LogP contribution in [0.4, 0.5) is 0 Å². The Morgan fingerprint density at radius 1 is 1.29 bits per heavy atom. The number of ether oxygens (including phenoxy) is 1. The zero-order valence-corrected chi connectivity index (χ0v) is 10.7. The van der Waals surface area contributed by atoms with E-state index < -0.39 is 9.84 Å². The molecule has 0 aromatic heterocycles. The van der Waals surface area contributed by atoms with Gasteiger partial charge >= 0.3 is 0 Å². The van der Waals surface area contributed by atoms with Crippen molar-refractivity contribution in [3.63, 3.8) is 0 Å². The molecule has 17 heavy (non-hydrogen) atoms. The molecule has 1 heterocycles. The van der Waals surface area contributed by atoms with Gasteiger partial charge in [-0.05, 0) is 37.7 Å². The fraction of sp³-hybridized carbons (Fsp3) is 0.500. The number of benzene rings is 1. The van der Waals surface area contributed by atoms with E-state index in [0.717, 1.165) is 18.7 Å². The molecule has 0 radical (unpaired) electrons. The van der Waals surface area contributed by atoms with E-state index >= 15 is 0 Å². The van der Waals surface area contributed by atoms with Gasteiger partial charge in [-0.15, -0.1) is 0 Å². The molecule has 1 fully saturated rings. The molecule has 0 amide bonds. The Hall–Kier alpha value is -1.07. The van der Waals surface area contributed by atoms with Crippen LogP contribution >= 0.6 is 0 Å². The molecule has 0 spiro atoms. The van der Waals surface area contributed by atoms with Gasteiger partial charge in [0.05, 0.1) is 11.5 Å². The summed E-state index contributed by atoms with van der Waals surface area (Å²) < 4.78 is 27.5. The Morgan fingerprint density at radius 2 is 1.94 bits per heavy atom. The second kappa shape index (κ2) is 5.06. The number of rotatable bonds is 5. The third kappa shape index (κ3) is 3.44. The molecule has 0 saturated carbocycles. The topological polar surface area (TPSA) is 55.4 Å². The Kier molecular flexibility index (Phi) is 3.69. The lowest BCUT2D eigenvalue weighted by Gasteiger charge is -2.26. The average Bonchev–Trinajstić information content (AvgIpc) is 2.26. The monoisotopic (exact) mass is 255 g/mol. The van der Waals surface area contributed by atoms with Crippen LogP contribution in [0.25, 0.3) is 0 Å². The highest BCUT2D eigenvalue weighted by atomic mass is 32.2. The highest BCUT2D eigenvalue weighted by molar-refractivity contribution is 7.92. The van der Waals surface area contributed by atoms with E-state index in [1.807, 2.05) is 31.3 Å². The van der Waals surface area contributed by atoms with Crippen molar-refractivity contribution in [2.45, 2.75) is 12.5 Å². The molecule has 1 aromatic rings. The molecule has 0 bridgehead atoms. The van der Waals surface area contributed by atoms with Crippen LogP contribution in [-0.4, -0.2) is 39.6 Å². The molecule has 0 aliphatic carbocycles. The van der Waals surface area contributed by atoms with Crippen molar-refractivity contribution in [3.05, 3.63) is 29.8 Å². The largest absolute Gasteiger partial charge is 0.488 e. The summed E-state index contributed by atoms with van der Waals surface area (Å²) in [5.74, 6) is 1.04. The quantitative estimate of drug-likeness (QED) is 0.838. The zero-order valence-electron chi connectivity index (χ0n) is 9.85. The van der Waals surface area contributed by atoms with Gasteiger partial charge in [0.25, 0.3) is 0 Å². The molecule has 4 nitrogen and oxygen atoms in total. The highest BCUT2D eigenvalue weighted by Crippen LogP contribution is 2.20. The third-order valence-electron chi connectivity index (χ3n) is 2.77. The summed E-state index contributed by atoms with van der Waals surface area (Å²) in [4.78, 5) is 0. The second-order valence-corrected chi connectivity index (χ2v) is 6.47. The van der Waals surface area contributed by atoms with Gasteiger partial charge in [0, 0.05) is 0 Å². The van der Waals surface area contributed by atoms with Crippen LogP contribution < -0.4 is 10.1 Å². The van der Waals surface area contributed by atoms with Gasteiger partial charge in [-0.2, -0.15) is 0 Å². The smallest absolute Gasteiger partial charge is 0.157 e. The van der Waals surface area contributed by atoms with E-state index in [-0.39, 0.29) is 17.6 Å². The fourth-order valence-corrected chi connectivity index (χ4v) is 2.95. The lowest BCUT2D eigenvalue weighted by atomic mass is 10.1. The number of hydrogen-bond acceptors (Lipinski definition) is 4. The van der Waals surface area contributed by atoms with Crippen molar-refractivity contribution >= 4 is 9.84 Å². The summed E-state index contributed by atoms with van der Waals surface area (Å²) in [6.07, 6.45) is 0.817. The Bertz CT molecular complexity index is 455. The molecule has 1 aliphatic heterocycles. The summed E-state index contributed by atoms with van der Waals surface area (Å²) in [6.45, 7) is 0.946. The summed E-state index contributed by atoms with van der Waals surface area (Å²) in [5.41, 5.74) is 1.24. The Balaban J connectivity index is 1.86. The molecule has 0 atom stereocenters. The van der Waals surface area contributed by atoms with E-state index in [2.05, 4.69) is 5.32 Å². The van der Waals surface area contributed by atoms with Gasteiger partial charge in [0.2, 0.25) is 0 Å². The summed E-state index contributed by atoms with van der Waals surface area (Å²) in [6, 6.07) is 7.82. The van der Waals surface area contributed by atoms with Crippen LogP contribution in [0, 0.1) is 0 Å². The minimum absolute atomic E-state index is 0.147. The van der Waals surface area contributed by atoms with Crippen LogP contribution in [0.3, 0.4) is 0 Å². The molecule has 1 aromatic carbocycles. The summed E-state index contributed by atoms with van der Waals surface area (Å²) in [5, 5.41) is 3.09. The van der Waals surface area contributed by atoms with Crippen molar-refractivity contribution in [1.82, 2.24) is 5.32 Å². The number of sulfone groups is 1. The standard InChI is InChI=1S/C12H17NO3S/c1-13-7-6-10-2-4-11(5-3-10)16-12-8-17(14,15)9-12/h2-5,12-13H,6-9H2,1H3. The third-order valence-corrected chi connectivity index (χ3v) is 4.53. The predicted molar refractivity (Wildman–Crippen MR) is 67.1 cm³/mol. The maximum Gasteiger partial charge on any atom is 0.157 e. The van der Waals surface area contributed by atoms with Gasteiger partial charge in [0.15, 0.2) is 9.84 Å². The zero-order chi connectivity index (χ0) is 12.3. The molecule has 2 rings (SSSR count). The molecule has 0 unspecified atom stereocenters. The van der Waals surface area contributed by atoms with Crippen LogP contribution in [-0.2, 0) is 16.3 Å². The highest BCUT2D eigenvalue weighted by Gasteiger charge is 2.35. The minimum Gasteiger partial charge on any atom is -0.488 e. The first-order valence-corrected chi connectivity index (χ1v) is 7.52. The van der Waals surface area contributed by atoms with E-state index in [0.29, 0.717) is 0 Å². The number of likely N-dealkylation sites (N-methyl/N-ethyl adjacent to an activating group) is 1. The van der Waals surface area contributed by atoms with Crippen molar-refractivity contribution in [3.8, 4) is 5.75 Å². The molecule has 1 N–H and O–H groups in total. The van der Waals surface area contributed by atoms with E-state index in [9.17, 15) is 8.42 Å². The summed E-state index contributed by atoms with van der Waals surface area (Å²) >= 11 is 0. The first kappa shape index (κ1) is 12.4. The second-order valence-electron chi connectivity index (χ2n) is 4.31. The average molecular weight is 255 g/mol. The van der Waals surface area contributed by atoms with Crippen LogP contribution in [0.15, 0.2) is 24.3 Å². The normalized spacial score (nSPS) is 18.6. The van der Waals surface area contributed by atoms with E-state index in [1.165, 1.54) is 5.56 Å². The first-order valence-electron chi connectivity index (χ1n) is 5.70. The maximum atomic E-state index is 11.0. The molecular formula is C12H17NO3S. The first-order chi connectivity index (χ1) is 8.09. The van der Waals surface area contributed by atoms with Crippen LogP contribution in [0.5, 0.6) is 5.75 Å². The van der Waals surface area contributed by atoms with E-state index in [4.69, 9.17) is 4.74 Å². The van der Waals surface area contributed by atoms with Gasteiger partial charge in [-0.3, -0.25) is 0 Å². The summed E-state index contributed by atoms with van der Waals surface area (Å²) in [7, 11) is -0.879. The van der Waals surface area contributed by atoms with Gasteiger partial charge in [-0.25, -0.2) is 8.42 Å². The van der Waals surface area contributed by atoms with Gasteiger partial charge in [0.1, 0.15) is 11.9 Å². The minimum atomic E-state index is -2.80. The number of hydrogen-bond donors (Lipinski definition) is 1. The fourth-order valence-electron chi connectivity index (χ4n) is 1.78. The number of nitrogens with one attached hydrogen (secondary N) is 1. The molecule has 94 valence electrons. The van der Waals surface area contributed by atoms with Gasteiger partial charge < -0.3 is 10.1 Å². The van der Waals surface area contributed by atoms with Crippen molar-refractivity contribution in [2.75, 3.05) is 25.1 Å². The van der Waals surface area contributed by atoms with Crippen LogP contribution in [0.2, 0.25) is 0 Å². The molecular weight excluding hydrogens is 238 g/mol. The van der Waals surface area contributed by atoms with Crippen molar-refractivity contribution in [1.29, 1.82) is 0 Å². The SMILES string of the molecule is CNCCc1ccc(OC2CS(=O)(=O)C2)cc1. The predicted octanol–water partition coefficient (Wildman–Crippen LogP) is 0.624. The molecule has 5 heteroatoms. The lowest BCUT2D eigenvalue weighted by molar-refractivity contribution is 0.230. The van der Waals surface area contributed by atoms with Crippen LogP contribution in [0.1, 0.15) is 5.56 Å². The van der Waals surface area contributed by atoms with E-state index in [1.54, 1.807) is 0 Å². The Labute approximate surface area is 102 Å². The van der Waals surface area contributed by atoms with Crippen molar-refractivity contribution < 1.29 is 13.2 Å². The lowest BCUT2D eigenvalue weighted by Crippen LogP contribution is -2.45. The van der Waals surface area contributed by atoms with Gasteiger partial charge in [-0.1, -0.05) is 12.1 Å².